The van der Waals surface area contributed by atoms with Gasteiger partial charge in [0, 0.05) is 26.2 Å². The number of hydrogen-bond acceptors (Lipinski definition) is 8. The minimum absolute atomic E-state index is 0.304. The number of nitrogen functional groups attached to an aromatic ring is 1. The van der Waals surface area contributed by atoms with Crippen LogP contribution in [0.15, 0.2) is 0 Å². The van der Waals surface area contributed by atoms with E-state index in [9.17, 15) is 5.11 Å². The Kier molecular flexibility index (Phi) is 3.34. The van der Waals surface area contributed by atoms with E-state index in [0.717, 1.165) is 38.9 Å². The first-order valence-corrected chi connectivity index (χ1v) is 6.67. The molecule has 2 aliphatic rings. The molecule has 19 heavy (non-hydrogen) atoms. The fraction of sp³-hybridized carbons (Fsp3) is 0.727. The summed E-state index contributed by atoms with van der Waals surface area (Å²) in [4.78, 5) is 17.2. The van der Waals surface area contributed by atoms with Crippen LogP contribution in [0.25, 0.3) is 0 Å². The summed E-state index contributed by atoms with van der Waals surface area (Å²) in [5.74, 6) is 7.04. The Labute approximate surface area is 111 Å². The van der Waals surface area contributed by atoms with E-state index < -0.39 is 0 Å². The SMILES string of the molecule is NNc1nc(N2CCCC2)nc(N2CCC(O)C2)n1. The molecule has 1 aromatic rings. The minimum Gasteiger partial charge on any atom is -0.391 e. The van der Waals surface area contributed by atoms with Gasteiger partial charge in [0.2, 0.25) is 17.8 Å². The third-order valence-corrected chi connectivity index (χ3v) is 3.58. The highest BCUT2D eigenvalue weighted by Gasteiger charge is 2.25. The van der Waals surface area contributed by atoms with Crippen LogP contribution in [0.5, 0.6) is 0 Å². The molecule has 1 atom stereocenters. The second-order valence-corrected chi connectivity index (χ2v) is 4.99. The van der Waals surface area contributed by atoms with Gasteiger partial charge in [0.05, 0.1) is 6.10 Å². The molecule has 0 amide bonds. The van der Waals surface area contributed by atoms with Crippen LogP contribution in [-0.4, -0.2) is 52.3 Å². The number of β-amino-alcohol motifs (C(OH)–C–C–N with tert-alkyl or cyclic N) is 1. The molecule has 8 nitrogen and oxygen atoms in total. The van der Waals surface area contributed by atoms with Gasteiger partial charge in [0.25, 0.3) is 0 Å². The first-order valence-electron chi connectivity index (χ1n) is 6.67. The van der Waals surface area contributed by atoms with Gasteiger partial charge in [-0.15, -0.1) is 0 Å². The molecule has 0 radical (unpaired) electrons. The third-order valence-electron chi connectivity index (χ3n) is 3.58. The summed E-state index contributed by atoms with van der Waals surface area (Å²) in [5.41, 5.74) is 2.49. The second kappa shape index (κ2) is 5.14. The van der Waals surface area contributed by atoms with E-state index in [-0.39, 0.29) is 6.10 Å². The van der Waals surface area contributed by atoms with Crippen molar-refractivity contribution < 1.29 is 5.11 Å². The summed E-state index contributed by atoms with van der Waals surface area (Å²) in [6.07, 6.45) is 2.76. The van der Waals surface area contributed by atoms with E-state index in [4.69, 9.17) is 5.84 Å². The van der Waals surface area contributed by atoms with Crippen molar-refractivity contribution in [3.8, 4) is 0 Å². The molecule has 104 valence electrons. The fourth-order valence-electron chi connectivity index (χ4n) is 2.54. The van der Waals surface area contributed by atoms with Gasteiger partial charge in [-0.2, -0.15) is 15.0 Å². The molecule has 0 aliphatic carbocycles. The van der Waals surface area contributed by atoms with E-state index in [0.29, 0.717) is 24.4 Å². The number of nitrogens with one attached hydrogen (secondary N) is 1. The Morgan fingerprint density at radius 1 is 1.05 bits per heavy atom. The number of anilines is 3. The van der Waals surface area contributed by atoms with Gasteiger partial charge in [0.15, 0.2) is 0 Å². The average Bonchev–Trinajstić information content (AvgIpc) is 3.09. The maximum Gasteiger partial charge on any atom is 0.243 e. The lowest BCUT2D eigenvalue weighted by Gasteiger charge is -2.20. The highest BCUT2D eigenvalue weighted by atomic mass is 16.3. The van der Waals surface area contributed by atoms with E-state index in [2.05, 4.69) is 25.3 Å². The van der Waals surface area contributed by atoms with Crippen molar-refractivity contribution in [1.29, 1.82) is 0 Å². The number of hydrazine groups is 1. The van der Waals surface area contributed by atoms with Crippen LogP contribution < -0.4 is 21.1 Å². The number of aliphatic hydroxyl groups is 1. The van der Waals surface area contributed by atoms with E-state index in [1.807, 2.05) is 4.90 Å². The number of aromatic nitrogens is 3. The van der Waals surface area contributed by atoms with Crippen LogP contribution in [0.1, 0.15) is 19.3 Å². The Morgan fingerprint density at radius 3 is 2.32 bits per heavy atom. The zero-order valence-corrected chi connectivity index (χ0v) is 10.8. The molecule has 0 saturated carbocycles. The minimum atomic E-state index is -0.304. The van der Waals surface area contributed by atoms with Crippen LogP contribution >= 0.6 is 0 Å². The molecule has 8 heteroatoms. The van der Waals surface area contributed by atoms with Crippen LogP contribution in [-0.2, 0) is 0 Å². The van der Waals surface area contributed by atoms with Gasteiger partial charge < -0.3 is 14.9 Å². The number of hydrogen-bond donors (Lipinski definition) is 3. The molecule has 3 heterocycles. The molecule has 3 rings (SSSR count). The first-order chi connectivity index (χ1) is 9.26. The molecular formula is C11H19N7O. The Balaban J connectivity index is 1.88. The zero-order valence-electron chi connectivity index (χ0n) is 10.8. The van der Waals surface area contributed by atoms with Gasteiger partial charge in [-0.3, -0.25) is 5.43 Å². The smallest absolute Gasteiger partial charge is 0.243 e. The Bertz CT molecular complexity index is 449. The summed E-state index contributed by atoms with van der Waals surface area (Å²) >= 11 is 0. The molecule has 2 aliphatic heterocycles. The lowest BCUT2D eigenvalue weighted by atomic mass is 10.3. The zero-order chi connectivity index (χ0) is 13.2. The quantitative estimate of drug-likeness (QED) is 0.488. The van der Waals surface area contributed by atoms with Crippen LogP contribution in [0, 0.1) is 0 Å². The van der Waals surface area contributed by atoms with Crippen molar-refractivity contribution in [3.63, 3.8) is 0 Å². The van der Waals surface area contributed by atoms with Crippen molar-refractivity contribution in [2.75, 3.05) is 41.4 Å². The topological polar surface area (TPSA) is 103 Å². The van der Waals surface area contributed by atoms with Gasteiger partial charge in [-0.1, -0.05) is 0 Å². The second-order valence-electron chi connectivity index (χ2n) is 4.99. The van der Waals surface area contributed by atoms with E-state index >= 15 is 0 Å². The molecule has 2 saturated heterocycles. The summed E-state index contributed by atoms with van der Waals surface area (Å²) in [6.45, 7) is 3.26. The molecule has 1 unspecified atom stereocenters. The molecular weight excluding hydrogens is 246 g/mol. The number of aliphatic hydroxyl groups excluding tert-OH is 1. The third kappa shape index (κ3) is 2.54. The first kappa shape index (κ1) is 12.4. The molecule has 0 spiro atoms. The fourth-order valence-corrected chi connectivity index (χ4v) is 2.54. The molecule has 2 fully saturated rings. The van der Waals surface area contributed by atoms with Crippen molar-refractivity contribution in [3.05, 3.63) is 0 Å². The van der Waals surface area contributed by atoms with Crippen molar-refractivity contribution in [2.45, 2.75) is 25.4 Å². The molecule has 1 aromatic heterocycles. The normalized spacial score (nSPS) is 23.2. The summed E-state index contributed by atoms with van der Waals surface area (Å²) in [5, 5.41) is 9.60. The standard InChI is InChI=1S/C11H19N7O/c12-16-9-13-10(17-4-1-2-5-17)15-11(14-9)18-6-3-8(19)7-18/h8,19H,1-7,12H2,(H,13,14,15,16). The average molecular weight is 265 g/mol. The Morgan fingerprint density at radius 2 is 1.74 bits per heavy atom. The highest BCUT2D eigenvalue weighted by molar-refractivity contribution is 5.45. The number of nitrogens with two attached hydrogens (primary N) is 1. The van der Waals surface area contributed by atoms with Gasteiger partial charge in [0.1, 0.15) is 0 Å². The molecule has 0 aromatic carbocycles. The predicted molar refractivity (Wildman–Crippen MR) is 71.9 cm³/mol. The largest absolute Gasteiger partial charge is 0.391 e. The Hall–Kier alpha value is -1.67. The van der Waals surface area contributed by atoms with Gasteiger partial charge in [-0.05, 0) is 19.3 Å². The van der Waals surface area contributed by atoms with Crippen LogP contribution in [0.2, 0.25) is 0 Å². The van der Waals surface area contributed by atoms with Crippen molar-refractivity contribution in [1.82, 2.24) is 15.0 Å². The molecule has 4 N–H and O–H groups in total. The van der Waals surface area contributed by atoms with E-state index in [1.54, 1.807) is 0 Å². The van der Waals surface area contributed by atoms with Gasteiger partial charge in [-0.25, -0.2) is 5.84 Å². The van der Waals surface area contributed by atoms with E-state index in [1.165, 1.54) is 0 Å². The maximum absolute atomic E-state index is 9.60. The maximum atomic E-state index is 9.60. The van der Waals surface area contributed by atoms with Gasteiger partial charge >= 0.3 is 0 Å². The lowest BCUT2D eigenvalue weighted by Crippen LogP contribution is -2.27. The highest BCUT2D eigenvalue weighted by Crippen LogP contribution is 2.22. The lowest BCUT2D eigenvalue weighted by molar-refractivity contribution is 0.198. The predicted octanol–water partition coefficient (Wildman–Crippen LogP) is -0.672. The summed E-state index contributed by atoms with van der Waals surface area (Å²) in [6, 6.07) is 0. The van der Waals surface area contributed by atoms with Crippen LogP contribution in [0.3, 0.4) is 0 Å². The number of rotatable bonds is 3. The monoisotopic (exact) mass is 265 g/mol. The molecule has 0 bridgehead atoms. The van der Waals surface area contributed by atoms with Crippen LogP contribution in [0.4, 0.5) is 17.8 Å². The summed E-state index contributed by atoms with van der Waals surface area (Å²) < 4.78 is 0. The van der Waals surface area contributed by atoms with Crippen molar-refractivity contribution >= 4 is 17.8 Å². The van der Waals surface area contributed by atoms with Crippen molar-refractivity contribution in [2.24, 2.45) is 5.84 Å². The summed E-state index contributed by atoms with van der Waals surface area (Å²) in [7, 11) is 0. The number of nitrogens with zero attached hydrogens (tertiary/aromatic N) is 5.